The molecule has 0 atom stereocenters. The van der Waals surface area contributed by atoms with E-state index in [0.29, 0.717) is 36.1 Å². The third kappa shape index (κ3) is 5.68. The summed E-state index contributed by atoms with van der Waals surface area (Å²) in [5, 5.41) is 3.77. The van der Waals surface area contributed by atoms with Gasteiger partial charge in [-0.15, -0.1) is 0 Å². The molecular weight excluding hydrogens is 430 g/mol. The number of sulfonamides is 1. The lowest BCUT2D eigenvalue weighted by atomic mass is 10.1. The summed E-state index contributed by atoms with van der Waals surface area (Å²) in [5.74, 6) is 1.37. The van der Waals surface area contributed by atoms with Crippen LogP contribution in [-0.2, 0) is 16.6 Å². The Morgan fingerprint density at radius 3 is 2.28 bits per heavy atom. The molecule has 0 radical (unpaired) electrons. The van der Waals surface area contributed by atoms with Crippen LogP contribution in [0.2, 0.25) is 0 Å². The maximum atomic E-state index is 12.5. The van der Waals surface area contributed by atoms with Crippen molar-refractivity contribution in [2.75, 3.05) is 13.1 Å². The smallest absolute Gasteiger partial charge is 0.243 e. The third-order valence-electron chi connectivity index (χ3n) is 4.73. The number of rotatable bonds is 10. The van der Waals surface area contributed by atoms with E-state index < -0.39 is 10.0 Å². The zero-order valence-electron chi connectivity index (χ0n) is 18.2. The quantitative estimate of drug-likeness (QED) is 0.338. The predicted octanol–water partition coefficient (Wildman–Crippen LogP) is 3.88. The van der Waals surface area contributed by atoms with Crippen LogP contribution < -0.4 is 4.74 Å². The first-order chi connectivity index (χ1) is 15.3. The lowest BCUT2D eigenvalue weighted by Gasteiger charge is -2.18. The lowest BCUT2D eigenvalue weighted by Crippen LogP contribution is -2.30. The SMILES string of the molecule is CCN(CC)S(=O)(=O)c1ccc(C(=O)/C=C/c2ccc(OCc3noc(C)n3)cc2)cc1. The van der Waals surface area contributed by atoms with Crippen LogP contribution >= 0.6 is 0 Å². The molecule has 0 aliphatic rings. The normalized spacial score (nSPS) is 11.9. The van der Waals surface area contributed by atoms with Crippen molar-refractivity contribution in [1.29, 1.82) is 0 Å². The first-order valence-corrected chi connectivity index (χ1v) is 11.6. The fourth-order valence-corrected chi connectivity index (χ4v) is 4.45. The highest BCUT2D eigenvalue weighted by molar-refractivity contribution is 7.89. The van der Waals surface area contributed by atoms with Gasteiger partial charge in [0.25, 0.3) is 0 Å². The second kappa shape index (κ2) is 10.3. The maximum Gasteiger partial charge on any atom is 0.243 e. The number of hydrogen-bond acceptors (Lipinski definition) is 7. The molecule has 1 aromatic heterocycles. The Balaban J connectivity index is 1.61. The van der Waals surface area contributed by atoms with E-state index in [9.17, 15) is 13.2 Å². The number of ketones is 1. The van der Waals surface area contributed by atoms with Crippen LogP contribution in [0, 0.1) is 6.92 Å². The molecule has 0 aliphatic heterocycles. The molecule has 3 aromatic rings. The highest BCUT2D eigenvalue weighted by Gasteiger charge is 2.21. The van der Waals surface area contributed by atoms with E-state index in [1.54, 1.807) is 39.0 Å². The van der Waals surface area contributed by atoms with Gasteiger partial charge in [0.1, 0.15) is 5.75 Å². The largest absolute Gasteiger partial charge is 0.485 e. The topological polar surface area (TPSA) is 103 Å². The molecule has 0 amide bonds. The zero-order valence-corrected chi connectivity index (χ0v) is 19.0. The highest BCUT2D eigenvalue weighted by Crippen LogP contribution is 2.18. The van der Waals surface area contributed by atoms with Gasteiger partial charge in [-0.25, -0.2) is 8.42 Å². The molecule has 168 valence electrons. The Bertz CT molecular complexity index is 1180. The van der Waals surface area contributed by atoms with E-state index in [0.717, 1.165) is 5.56 Å². The molecule has 9 heteroatoms. The lowest BCUT2D eigenvalue weighted by molar-refractivity contribution is 0.104. The molecule has 0 aliphatic carbocycles. The zero-order chi connectivity index (χ0) is 23.1. The van der Waals surface area contributed by atoms with Gasteiger partial charge in [-0.05, 0) is 48.0 Å². The number of nitrogens with zero attached hydrogens (tertiary/aromatic N) is 3. The first kappa shape index (κ1) is 23.4. The minimum atomic E-state index is -3.55. The molecular formula is C23H25N3O5S. The van der Waals surface area contributed by atoms with E-state index in [-0.39, 0.29) is 17.3 Å². The number of aryl methyl sites for hydroxylation is 1. The van der Waals surface area contributed by atoms with Crippen molar-refractivity contribution in [2.24, 2.45) is 0 Å². The van der Waals surface area contributed by atoms with Crippen molar-refractivity contribution in [3.8, 4) is 5.75 Å². The number of carbonyl (C=O) groups is 1. The van der Waals surface area contributed by atoms with Crippen molar-refractivity contribution >= 4 is 21.9 Å². The van der Waals surface area contributed by atoms with Crippen molar-refractivity contribution in [3.05, 3.63) is 77.4 Å². The summed E-state index contributed by atoms with van der Waals surface area (Å²) >= 11 is 0. The second-order valence-electron chi connectivity index (χ2n) is 6.90. The summed E-state index contributed by atoms with van der Waals surface area (Å²) in [6, 6.07) is 13.2. The Morgan fingerprint density at radius 2 is 1.72 bits per heavy atom. The van der Waals surface area contributed by atoms with Crippen LogP contribution in [-0.4, -0.2) is 41.7 Å². The van der Waals surface area contributed by atoms with Gasteiger partial charge >= 0.3 is 0 Å². The van der Waals surface area contributed by atoms with Crippen molar-refractivity contribution in [2.45, 2.75) is 32.3 Å². The summed E-state index contributed by atoms with van der Waals surface area (Å²) in [6.45, 7) is 6.27. The molecule has 32 heavy (non-hydrogen) atoms. The molecule has 2 aromatic carbocycles. The van der Waals surface area contributed by atoms with E-state index in [1.807, 2.05) is 12.1 Å². The number of carbonyl (C=O) groups excluding carboxylic acids is 1. The molecule has 0 bridgehead atoms. The van der Waals surface area contributed by atoms with Crippen LogP contribution in [0.5, 0.6) is 5.75 Å². The fraction of sp³-hybridized carbons (Fsp3) is 0.261. The molecule has 0 fully saturated rings. The van der Waals surface area contributed by atoms with Crippen molar-refractivity contribution < 1.29 is 22.5 Å². The highest BCUT2D eigenvalue weighted by atomic mass is 32.2. The first-order valence-electron chi connectivity index (χ1n) is 10.2. The molecule has 8 nitrogen and oxygen atoms in total. The number of hydrogen-bond donors (Lipinski definition) is 0. The van der Waals surface area contributed by atoms with Gasteiger partial charge < -0.3 is 9.26 Å². The van der Waals surface area contributed by atoms with Gasteiger partial charge in [-0.3, -0.25) is 4.79 Å². The Hall–Kier alpha value is -3.30. The molecule has 0 N–H and O–H groups in total. The Kier molecular flexibility index (Phi) is 7.55. The van der Waals surface area contributed by atoms with E-state index in [4.69, 9.17) is 9.26 Å². The number of ether oxygens (including phenoxy) is 1. The van der Waals surface area contributed by atoms with Gasteiger partial charge in [0.15, 0.2) is 12.4 Å². The maximum absolute atomic E-state index is 12.5. The minimum Gasteiger partial charge on any atom is -0.485 e. The van der Waals surface area contributed by atoms with Crippen LogP contribution in [0.4, 0.5) is 0 Å². The predicted molar refractivity (Wildman–Crippen MR) is 120 cm³/mol. The average Bonchev–Trinajstić information content (AvgIpc) is 3.22. The third-order valence-corrected chi connectivity index (χ3v) is 6.79. The van der Waals surface area contributed by atoms with Gasteiger partial charge in [-0.1, -0.05) is 37.2 Å². The number of aromatic nitrogens is 2. The van der Waals surface area contributed by atoms with Crippen molar-refractivity contribution in [1.82, 2.24) is 14.4 Å². The van der Waals surface area contributed by atoms with Crippen molar-refractivity contribution in [3.63, 3.8) is 0 Å². The Labute approximate surface area is 187 Å². The average molecular weight is 456 g/mol. The van der Waals surface area contributed by atoms with Gasteiger partial charge in [0.2, 0.25) is 21.7 Å². The summed E-state index contributed by atoms with van der Waals surface area (Å²) in [7, 11) is -3.55. The fourth-order valence-electron chi connectivity index (χ4n) is 2.99. The number of allylic oxidation sites excluding steroid dienone is 1. The standard InChI is InChI=1S/C23H25N3O5S/c1-4-26(5-2)32(28,29)21-13-9-19(10-14-21)22(27)15-8-18-6-11-20(12-7-18)30-16-23-24-17(3)31-25-23/h6-15H,4-5,16H2,1-3H3/b15-8+. The van der Waals surface area contributed by atoms with E-state index in [1.165, 1.54) is 34.6 Å². The van der Waals surface area contributed by atoms with Crippen LogP contribution in [0.3, 0.4) is 0 Å². The molecule has 0 spiro atoms. The molecule has 0 saturated heterocycles. The molecule has 0 saturated carbocycles. The van der Waals surface area contributed by atoms with Gasteiger partial charge in [0, 0.05) is 25.6 Å². The van der Waals surface area contributed by atoms with Crippen LogP contribution in [0.15, 0.2) is 64.0 Å². The van der Waals surface area contributed by atoms with Crippen LogP contribution in [0.25, 0.3) is 6.08 Å². The van der Waals surface area contributed by atoms with Gasteiger partial charge in [0.05, 0.1) is 4.90 Å². The van der Waals surface area contributed by atoms with Gasteiger partial charge in [-0.2, -0.15) is 9.29 Å². The molecule has 1 heterocycles. The second-order valence-corrected chi connectivity index (χ2v) is 8.84. The Morgan fingerprint density at radius 1 is 1.06 bits per heavy atom. The molecule has 3 rings (SSSR count). The number of benzene rings is 2. The summed E-state index contributed by atoms with van der Waals surface area (Å²) in [5.41, 5.74) is 1.23. The summed E-state index contributed by atoms with van der Waals surface area (Å²) < 4.78 is 37.0. The minimum absolute atomic E-state index is 0.174. The summed E-state index contributed by atoms with van der Waals surface area (Å²) in [4.78, 5) is 16.7. The van der Waals surface area contributed by atoms with E-state index >= 15 is 0 Å². The van der Waals surface area contributed by atoms with E-state index in [2.05, 4.69) is 10.1 Å². The molecule has 0 unspecified atom stereocenters. The van der Waals surface area contributed by atoms with Crippen LogP contribution in [0.1, 0.15) is 41.5 Å². The summed E-state index contributed by atoms with van der Waals surface area (Å²) in [6.07, 6.45) is 3.14. The monoisotopic (exact) mass is 455 g/mol.